The smallest absolute Gasteiger partial charge is 0.305 e. The molecule has 0 aromatic heterocycles. The first-order valence-corrected chi connectivity index (χ1v) is 5.88. The zero-order chi connectivity index (χ0) is 11.5. The second-order valence-corrected chi connectivity index (χ2v) is 3.72. The first-order chi connectivity index (χ1) is 7.20. The Bertz CT molecular complexity index is 167. The summed E-state index contributed by atoms with van der Waals surface area (Å²) in [6, 6.07) is 0. The van der Waals surface area contributed by atoms with E-state index in [0.717, 1.165) is 19.3 Å². The molecule has 0 aliphatic carbocycles. The van der Waals surface area contributed by atoms with Gasteiger partial charge in [0.05, 0.1) is 6.61 Å². The van der Waals surface area contributed by atoms with Crippen LogP contribution in [0.4, 0.5) is 0 Å². The minimum atomic E-state index is -0.180. The Morgan fingerprint density at radius 2 is 1.60 bits per heavy atom. The van der Waals surface area contributed by atoms with E-state index in [1.54, 1.807) is 0 Å². The normalized spacial score (nSPS) is 10.0. The van der Waals surface area contributed by atoms with Crippen molar-refractivity contribution in [3.8, 4) is 0 Å². The first-order valence-electron chi connectivity index (χ1n) is 5.88. The van der Waals surface area contributed by atoms with Crippen LogP contribution in [0.3, 0.4) is 0 Å². The first kappa shape index (κ1) is 14.1. The molecule has 0 atom stereocenters. The quantitative estimate of drug-likeness (QED) is 0.554. The number of carbonyl (C=O) groups excluding carboxylic acids is 2. The Labute approximate surface area is 92.2 Å². The minimum Gasteiger partial charge on any atom is -0.466 e. The Morgan fingerprint density at radius 1 is 0.933 bits per heavy atom. The lowest BCUT2D eigenvalue weighted by Gasteiger charge is -2.02. The highest BCUT2D eigenvalue weighted by Gasteiger charge is 2.05. The number of ether oxygens (including phenoxy) is 1. The molecule has 3 nitrogen and oxygen atoms in total. The van der Waals surface area contributed by atoms with Gasteiger partial charge in [-0.1, -0.05) is 20.3 Å². The SMILES string of the molecule is CCCCC(=O)CCCC(=O)OCCC. The molecule has 0 spiro atoms. The summed E-state index contributed by atoms with van der Waals surface area (Å²) in [7, 11) is 0. The molecule has 0 radical (unpaired) electrons. The summed E-state index contributed by atoms with van der Waals surface area (Å²) in [4.78, 5) is 22.3. The number of hydrogen-bond acceptors (Lipinski definition) is 3. The van der Waals surface area contributed by atoms with Gasteiger partial charge in [0.25, 0.3) is 0 Å². The molecule has 0 aromatic rings. The van der Waals surface area contributed by atoms with Crippen LogP contribution in [0.5, 0.6) is 0 Å². The zero-order valence-corrected chi connectivity index (χ0v) is 9.88. The maximum Gasteiger partial charge on any atom is 0.305 e. The summed E-state index contributed by atoms with van der Waals surface area (Å²) in [5, 5.41) is 0. The van der Waals surface area contributed by atoms with E-state index in [0.29, 0.717) is 32.3 Å². The maximum absolute atomic E-state index is 11.2. The van der Waals surface area contributed by atoms with Gasteiger partial charge in [-0.2, -0.15) is 0 Å². The van der Waals surface area contributed by atoms with Crippen LogP contribution in [0, 0.1) is 0 Å². The fraction of sp³-hybridized carbons (Fsp3) is 0.833. The molecule has 0 amide bonds. The van der Waals surface area contributed by atoms with Gasteiger partial charge < -0.3 is 4.74 Å². The van der Waals surface area contributed by atoms with E-state index in [2.05, 4.69) is 6.92 Å². The maximum atomic E-state index is 11.2. The fourth-order valence-corrected chi connectivity index (χ4v) is 1.22. The number of Topliss-reactive ketones (excluding diaryl/α,β-unsaturated/α-hetero) is 1. The molecule has 0 rings (SSSR count). The third-order valence-corrected chi connectivity index (χ3v) is 2.11. The lowest BCUT2D eigenvalue weighted by atomic mass is 10.1. The van der Waals surface area contributed by atoms with Crippen molar-refractivity contribution in [3.05, 3.63) is 0 Å². The molecule has 3 heteroatoms. The van der Waals surface area contributed by atoms with Crippen molar-refractivity contribution in [3.63, 3.8) is 0 Å². The minimum absolute atomic E-state index is 0.180. The van der Waals surface area contributed by atoms with Crippen molar-refractivity contribution >= 4 is 11.8 Å². The van der Waals surface area contributed by atoms with Crippen molar-refractivity contribution in [1.29, 1.82) is 0 Å². The molecule has 0 N–H and O–H groups in total. The van der Waals surface area contributed by atoms with Crippen LogP contribution in [0.15, 0.2) is 0 Å². The van der Waals surface area contributed by atoms with Gasteiger partial charge in [-0.3, -0.25) is 9.59 Å². The second kappa shape index (κ2) is 9.69. The Morgan fingerprint density at radius 3 is 2.20 bits per heavy atom. The largest absolute Gasteiger partial charge is 0.466 e. The number of rotatable bonds is 9. The predicted molar refractivity (Wildman–Crippen MR) is 59.6 cm³/mol. The molecule has 0 saturated carbocycles. The van der Waals surface area contributed by atoms with Gasteiger partial charge in [0.1, 0.15) is 5.78 Å². The van der Waals surface area contributed by atoms with Crippen molar-refractivity contribution in [2.75, 3.05) is 6.61 Å². The zero-order valence-electron chi connectivity index (χ0n) is 9.88. The van der Waals surface area contributed by atoms with Gasteiger partial charge in [0.15, 0.2) is 0 Å². The van der Waals surface area contributed by atoms with Gasteiger partial charge in [-0.05, 0) is 19.3 Å². The predicted octanol–water partition coefficient (Wildman–Crippen LogP) is 2.87. The molecular weight excluding hydrogens is 192 g/mol. The number of ketones is 1. The number of unbranched alkanes of at least 4 members (excludes halogenated alkanes) is 1. The van der Waals surface area contributed by atoms with E-state index in [1.165, 1.54) is 0 Å². The van der Waals surface area contributed by atoms with E-state index in [4.69, 9.17) is 4.74 Å². The van der Waals surface area contributed by atoms with Crippen LogP contribution in [0.25, 0.3) is 0 Å². The Hall–Kier alpha value is -0.860. The van der Waals surface area contributed by atoms with Crippen molar-refractivity contribution < 1.29 is 14.3 Å². The highest BCUT2D eigenvalue weighted by Crippen LogP contribution is 2.04. The van der Waals surface area contributed by atoms with E-state index in [1.807, 2.05) is 6.92 Å². The second-order valence-electron chi connectivity index (χ2n) is 3.72. The van der Waals surface area contributed by atoms with Gasteiger partial charge in [0.2, 0.25) is 0 Å². The lowest BCUT2D eigenvalue weighted by molar-refractivity contribution is -0.143. The summed E-state index contributed by atoms with van der Waals surface area (Å²) < 4.78 is 4.90. The standard InChI is InChI=1S/C12H22O3/c1-3-5-7-11(13)8-6-9-12(14)15-10-4-2/h3-10H2,1-2H3. The van der Waals surface area contributed by atoms with E-state index in [9.17, 15) is 9.59 Å². The van der Waals surface area contributed by atoms with Crippen molar-refractivity contribution in [1.82, 2.24) is 0 Å². The lowest BCUT2D eigenvalue weighted by Crippen LogP contribution is -2.06. The third kappa shape index (κ3) is 9.44. The highest BCUT2D eigenvalue weighted by atomic mass is 16.5. The van der Waals surface area contributed by atoms with E-state index < -0.39 is 0 Å². The fourth-order valence-electron chi connectivity index (χ4n) is 1.22. The van der Waals surface area contributed by atoms with Crippen LogP contribution in [-0.4, -0.2) is 18.4 Å². The molecule has 0 unspecified atom stereocenters. The van der Waals surface area contributed by atoms with Gasteiger partial charge in [-0.25, -0.2) is 0 Å². The molecule has 88 valence electrons. The topological polar surface area (TPSA) is 43.4 Å². The molecule has 0 bridgehead atoms. The molecule has 15 heavy (non-hydrogen) atoms. The van der Waals surface area contributed by atoms with Crippen LogP contribution >= 0.6 is 0 Å². The van der Waals surface area contributed by atoms with Crippen LogP contribution in [0.2, 0.25) is 0 Å². The Balaban J connectivity index is 3.36. The number of carbonyl (C=O) groups is 2. The highest BCUT2D eigenvalue weighted by molar-refractivity contribution is 5.79. The van der Waals surface area contributed by atoms with Crippen LogP contribution < -0.4 is 0 Å². The molecular formula is C12H22O3. The number of esters is 1. The molecule has 0 heterocycles. The summed E-state index contributed by atoms with van der Waals surface area (Å²) in [6.45, 7) is 4.51. The van der Waals surface area contributed by atoms with Gasteiger partial charge in [-0.15, -0.1) is 0 Å². The van der Waals surface area contributed by atoms with Crippen molar-refractivity contribution in [2.45, 2.75) is 58.8 Å². The third-order valence-electron chi connectivity index (χ3n) is 2.11. The Kier molecular flexibility index (Phi) is 9.13. The summed E-state index contributed by atoms with van der Waals surface area (Å²) in [5.41, 5.74) is 0. The molecule has 0 aliphatic rings. The average molecular weight is 214 g/mol. The van der Waals surface area contributed by atoms with Crippen LogP contribution in [0.1, 0.15) is 58.8 Å². The van der Waals surface area contributed by atoms with Crippen LogP contribution in [-0.2, 0) is 14.3 Å². The van der Waals surface area contributed by atoms with Gasteiger partial charge >= 0.3 is 5.97 Å². The van der Waals surface area contributed by atoms with Crippen molar-refractivity contribution in [2.24, 2.45) is 0 Å². The van der Waals surface area contributed by atoms with E-state index in [-0.39, 0.29) is 11.8 Å². The monoisotopic (exact) mass is 214 g/mol. The molecule has 0 aliphatic heterocycles. The molecule has 0 saturated heterocycles. The number of hydrogen-bond donors (Lipinski definition) is 0. The van der Waals surface area contributed by atoms with Gasteiger partial charge in [0, 0.05) is 19.3 Å². The van der Waals surface area contributed by atoms with E-state index >= 15 is 0 Å². The molecule has 0 fully saturated rings. The molecule has 0 aromatic carbocycles. The summed E-state index contributed by atoms with van der Waals surface area (Å²) >= 11 is 0. The summed E-state index contributed by atoms with van der Waals surface area (Å²) in [6.07, 6.45) is 5.02. The summed E-state index contributed by atoms with van der Waals surface area (Å²) in [5.74, 6) is 0.0836. The average Bonchev–Trinajstić information content (AvgIpc) is 2.23.